The van der Waals surface area contributed by atoms with Crippen molar-refractivity contribution < 1.29 is 0 Å². The van der Waals surface area contributed by atoms with Gasteiger partial charge in [0.25, 0.3) is 0 Å². The Morgan fingerprint density at radius 2 is 1.94 bits per heavy atom. The molecule has 0 unspecified atom stereocenters. The summed E-state index contributed by atoms with van der Waals surface area (Å²) in [4.78, 5) is 3.47. The summed E-state index contributed by atoms with van der Waals surface area (Å²) in [5, 5.41) is 1.45. The summed E-state index contributed by atoms with van der Waals surface area (Å²) < 4.78 is 0. The molecule has 90 valence electrons. The number of hydrogen-bond donors (Lipinski definition) is 1. The first-order valence-electron chi connectivity index (χ1n) is 6.77. The summed E-state index contributed by atoms with van der Waals surface area (Å²) in [6.45, 7) is 9.33. The van der Waals surface area contributed by atoms with E-state index in [2.05, 4.69) is 44.9 Å². The van der Waals surface area contributed by atoms with Crippen molar-refractivity contribution in [1.82, 2.24) is 4.98 Å². The van der Waals surface area contributed by atoms with Crippen LogP contribution >= 0.6 is 0 Å². The van der Waals surface area contributed by atoms with Crippen molar-refractivity contribution in [2.75, 3.05) is 0 Å². The van der Waals surface area contributed by atoms with Crippen molar-refractivity contribution in [3.8, 4) is 0 Å². The van der Waals surface area contributed by atoms with Gasteiger partial charge in [-0.05, 0) is 59.9 Å². The van der Waals surface area contributed by atoms with Gasteiger partial charge >= 0.3 is 0 Å². The second-order valence-electron chi connectivity index (χ2n) is 5.59. The molecule has 17 heavy (non-hydrogen) atoms. The summed E-state index contributed by atoms with van der Waals surface area (Å²) in [5.41, 5.74) is 7.71. The van der Waals surface area contributed by atoms with Gasteiger partial charge in [-0.15, -0.1) is 0 Å². The van der Waals surface area contributed by atoms with Gasteiger partial charge in [0.1, 0.15) is 0 Å². The zero-order valence-corrected chi connectivity index (χ0v) is 11.2. The summed E-state index contributed by atoms with van der Waals surface area (Å²) in [6.07, 6.45) is 4.53. The van der Waals surface area contributed by atoms with Crippen LogP contribution in [0.5, 0.6) is 0 Å². The van der Waals surface area contributed by atoms with E-state index in [9.17, 15) is 0 Å². The lowest BCUT2D eigenvalue weighted by Crippen LogP contribution is -1.99. The number of aromatic amines is 1. The lowest BCUT2D eigenvalue weighted by molar-refractivity contribution is 0.661. The molecule has 0 aliphatic heterocycles. The Hall–Kier alpha value is -1.24. The normalized spacial score (nSPS) is 23.3. The molecule has 0 saturated carbocycles. The Balaban J connectivity index is 2.46. The fourth-order valence-electron chi connectivity index (χ4n) is 3.91. The molecule has 0 spiro atoms. The number of hydrogen-bond acceptors (Lipinski definition) is 0. The van der Waals surface area contributed by atoms with Crippen LogP contribution in [0.1, 0.15) is 61.3 Å². The van der Waals surface area contributed by atoms with Crippen LogP contribution in [0, 0.1) is 6.92 Å². The van der Waals surface area contributed by atoms with Crippen molar-refractivity contribution in [2.24, 2.45) is 0 Å². The molecule has 0 saturated heterocycles. The van der Waals surface area contributed by atoms with Crippen molar-refractivity contribution in [3.63, 3.8) is 0 Å². The molecule has 2 aromatic rings. The van der Waals surface area contributed by atoms with E-state index in [4.69, 9.17) is 0 Å². The molecule has 1 aromatic heterocycles. The maximum atomic E-state index is 3.47. The number of benzene rings is 1. The molecule has 0 amide bonds. The van der Waals surface area contributed by atoms with Crippen LogP contribution in [0.15, 0.2) is 12.3 Å². The first-order valence-corrected chi connectivity index (χ1v) is 6.77. The van der Waals surface area contributed by atoms with Crippen LogP contribution in [0.25, 0.3) is 10.9 Å². The second kappa shape index (κ2) is 3.63. The summed E-state index contributed by atoms with van der Waals surface area (Å²) >= 11 is 0. The molecular formula is C16H21N. The molecule has 0 radical (unpaired) electrons. The van der Waals surface area contributed by atoms with Crippen LogP contribution in [0.3, 0.4) is 0 Å². The molecule has 3 rings (SSSR count). The maximum Gasteiger partial charge on any atom is 0.0495 e. The van der Waals surface area contributed by atoms with Gasteiger partial charge in [0, 0.05) is 17.1 Å². The standard InChI is InChI=1S/C16H21N/c1-5-12-11(4)14-9(2)8-10(3)15(14)16-13(12)6-7-17-16/h6-7,9-10,17H,5,8H2,1-4H3/t9-,10+/m0/s1. The van der Waals surface area contributed by atoms with E-state index in [0.29, 0.717) is 5.92 Å². The largest absolute Gasteiger partial charge is 0.361 e. The van der Waals surface area contributed by atoms with Gasteiger partial charge in [0.2, 0.25) is 0 Å². The van der Waals surface area contributed by atoms with Gasteiger partial charge < -0.3 is 4.98 Å². The minimum absolute atomic E-state index is 0.700. The number of fused-ring (bicyclic) bond motifs is 3. The average Bonchev–Trinajstić information content (AvgIpc) is 2.84. The highest BCUT2D eigenvalue weighted by Crippen LogP contribution is 2.47. The molecule has 1 aromatic carbocycles. The van der Waals surface area contributed by atoms with E-state index in [0.717, 1.165) is 12.3 Å². The zero-order valence-electron chi connectivity index (χ0n) is 11.2. The van der Waals surface area contributed by atoms with Crippen molar-refractivity contribution >= 4 is 10.9 Å². The van der Waals surface area contributed by atoms with Gasteiger partial charge in [0.15, 0.2) is 0 Å². The molecule has 1 N–H and O–H groups in total. The van der Waals surface area contributed by atoms with Gasteiger partial charge in [0.05, 0.1) is 0 Å². The number of H-pyrrole nitrogens is 1. The predicted molar refractivity (Wildman–Crippen MR) is 73.9 cm³/mol. The molecule has 1 aliphatic carbocycles. The number of aryl methyl sites for hydroxylation is 1. The third-order valence-electron chi connectivity index (χ3n) is 4.53. The third kappa shape index (κ3) is 1.31. The lowest BCUT2D eigenvalue weighted by atomic mass is 9.89. The topological polar surface area (TPSA) is 15.8 Å². The Labute approximate surface area is 103 Å². The Morgan fingerprint density at radius 3 is 2.65 bits per heavy atom. The molecule has 2 atom stereocenters. The van der Waals surface area contributed by atoms with Gasteiger partial charge in [-0.2, -0.15) is 0 Å². The lowest BCUT2D eigenvalue weighted by Gasteiger charge is -2.16. The molecule has 1 heterocycles. The molecular weight excluding hydrogens is 206 g/mol. The van der Waals surface area contributed by atoms with E-state index in [1.807, 2.05) is 0 Å². The predicted octanol–water partition coefficient (Wildman–Crippen LogP) is 4.65. The molecule has 0 fully saturated rings. The Bertz CT molecular complexity index is 577. The fraction of sp³-hybridized carbons (Fsp3) is 0.500. The van der Waals surface area contributed by atoms with Crippen LogP contribution in [-0.4, -0.2) is 4.98 Å². The monoisotopic (exact) mass is 227 g/mol. The maximum absolute atomic E-state index is 3.47. The summed E-state index contributed by atoms with van der Waals surface area (Å²) in [5.74, 6) is 1.42. The minimum atomic E-state index is 0.700. The first kappa shape index (κ1) is 10.9. The highest BCUT2D eigenvalue weighted by molar-refractivity contribution is 5.89. The van der Waals surface area contributed by atoms with Gasteiger partial charge in [-0.1, -0.05) is 20.8 Å². The van der Waals surface area contributed by atoms with Crippen molar-refractivity contribution in [1.29, 1.82) is 0 Å². The smallest absolute Gasteiger partial charge is 0.0495 e. The second-order valence-corrected chi connectivity index (χ2v) is 5.59. The fourth-order valence-corrected chi connectivity index (χ4v) is 3.91. The zero-order chi connectivity index (χ0) is 12.2. The van der Waals surface area contributed by atoms with Crippen LogP contribution < -0.4 is 0 Å². The van der Waals surface area contributed by atoms with Crippen molar-refractivity contribution in [2.45, 2.75) is 52.4 Å². The average molecular weight is 227 g/mol. The van der Waals surface area contributed by atoms with E-state index in [-0.39, 0.29) is 0 Å². The van der Waals surface area contributed by atoms with Crippen LogP contribution in [0.2, 0.25) is 0 Å². The van der Waals surface area contributed by atoms with E-state index < -0.39 is 0 Å². The highest BCUT2D eigenvalue weighted by atomic mass is 14.7. The first-order chi connectivity index (χ1) is 8.15. The molecule has 1 aliphatic rings. The number of rotatable bonds is 1. The number of aromatic nitrogens is 1. The van der Waals surface area contributed by atoms with Gasteiger partial charge in [-0.3, -0.25) is 0 Å². The number of nitrogens with one attached hydrogen (secondary N) is 1. The van der Waals surface area contributed by atoms with E-state index >= 15 is 0 Å². The third-order valence-corrected chi connectivity index (χ3v) is 4.53. The summed E-state index contributed by atoms with van der Waals surface area (Å²) in [7, 11) is 0. The van der Waals surface area contributed by atoms with Crippen LogP contribution in [0.4, 0.5) is 0 Å². The van der Waals surface area contributed by atoms with E-state index in [1.165, 1.54) is 17.3 Å². The minimum Gasteiger partial charge on any atom is -0.361 e. The molecule has 0 bridgehead atoms. The van der Waals surface area contributed by atoms with Gasteiger partial charge in [-0.25, -0.2) is 0 Å². The van der Waals surface area contributed by atoms with Crippen molar-refractivity contribution in [3.05, 3.63) is 34.5 Å². The van der Waals surface area contributed by atoms with E-state index in [1.54, 1.807) is 22.3 Å². The molecule has 1 nitrogen and oxygen atoms in total. The van der Waals surface area contributed by atoms with Crippen LogP contribution in [-0.2, 0) is 6.42 Å². The quantitative estimate of drug-likeness (QED) is 0.730. The highest BCUT2D eigenvalue weighted by Gasteiger charge is 2.30. The SMILES string of the molecule is CCc1c(C)c2c(c3[nH]ccc13)[C@H](C)C[C@@H]2C. The molecule has 1 heteroatoms. The Kier molecular flexibility index (Phi) is 2.32. The summed E-state index contributed by atoms with van der Waals surface area (Å²) in [6, 6.07) is 2.25. The Morgan fingerprint density at radius 1 is 1.24 bits per heavy atom.